The Kier molecular flexibility index (Phi) is 4.53. The average molecular weight is 268 g/mol. The molecule has 0 aliphatic heterocycles. The molecule has 0 atom stereocenters. The second kappa shape index (κ2) is 5.54. The van der Waals surface area contributed by atoms with Gasteiger partial charge in [0.05, 0.1) is 0 Å². The van der Waals surface area contributed by atoms with Crippen molar-refractivity contribution in [3.8, 4) is 5.75 Å². The highest BCUT2D eigenvalue weighted by atomic mass is 19.4. The Bertz CT molecular complexity index is 386. The number of alkyl halides is 5. The van der Waals surface area contributed by atoms with Crippen molar-refractivity contribution in [1.29, 1.82) is 0 Å². The van der Waals surface area contributed by atoms with Crippen molar-refractivity contribution in [2.24, 2.45) is 0 Å². The first-order chi connectivity index (χ1) is 8.26. The minimum absolute atomic E-state index is 0.481. The van der Waals surface area contributed by atoms with Crippen LogP contribution >= 0.6 is 0 Å². The van der Waals surface area contributed by atoms with Gasteiger partial charge in [0.25, 0.3) is 0 Å². The number of ether oxygens (including phenoxy) is 1. The first-order valence-corrected chi connectivity index (χ1v) is 5.49. The van der Waals surface area contributed by atoms with E-state index in [1.165, 1.54) is 12.1 Å². The summed E-state index contributed by atoms with van der Waals surface area (Å²) in [7, 11) is 0. The van der Waals surface area contributed by atoms with E-state index in [0.29, 0.717) is 12.0 Å². The topological polar surface area (TPSA) is 9.23 Å². The molecule has 0 aromatic heterocycles. The quantitative estimate of drug-likeness (QED) is 0.711. The smallest absolute Gasteiger partial charge is 0.426 e. The van der Waals surface area contributed by atoms with E-state index in [-0.39, 0.29) is 0 Å². The Balaban J connectivity index is 2.79. The minimum Gasteiger partial charge on any atom is -0.426 e. The van der Waals surface area contributed by atoms with E-state index in [1.807, 2.05) is 6.92 Å². The molecule has 102 valence electrons. The molecule has 0 spiro atoms. The van der Waals surface area contributed by atoms with E-state index in [2.05, 4.69) is 4.74 Å². The van der Waals surface area contributed by atoms with E-state index >= 15 is 0 Å². The van der Waals surface area contributed by atoms with Crippen LogP contribution in [0.25, 0.3) is 0 Å². The third kappa shape index (κ3) is 3.85. The van der Waals surface area contributed by atoms with Crippen LogP contribution in [0.1, 0.15) is 25.3 Å². The highest BCUT2D eigenvalue weighted by molar-refractivity contribution is 5.29. The van der Waals surface area contributed by atoms with Gasteiger partial charge in [-0.25, -0.2) is 0 Å². The maximum atomic E-state index is 12.7. The molecule has 0 unspecified atom stereocenters. The lowest BCUT2D eigenvalue weighted by molar-refractivity contribution is -0.360. The molecule has 0 saturated carbocycles. The minimum atomic E-state index is -5.72. The summed E-state index contributed by atoms with van der Waals surface area (Å²) in [5, 5.41) is 0. The average Bonchev–Trinajstić information content (AvgIpc) is 2.24. The Hall–Kier alpha value is -1.33. The Morgan fingerprint density at radius 1 is 1.11 bits per heavy atom. The zero-order valence-electron chi connectivity index (χ0n) is 9.73. The molecule has 18 heavy (non-hydrogen) atoms. The van der Waals surface area contributed by atoms with Crippen molar-refractivity contribution in [3.63, 3.8) is 0 Å². The number of hydrogen-bond acceptors (Lipinski definition) is 1. The molecule has 0 heterocycles. The highest BCUT2D eigenvalue weighted by Crippen LogP contribution is 2.37. The monoisotopic (exact) mass is 268 g/mol. The van der Waals surface area contributed by atoms with Gasteiger partial charge < -0.3 is 4.74 Å². The number of benzene rings is 1. The van der Waals surface area contributed by atoms with Crippen LogP contribution in [0.4, 0.5) is 22.0 Å². The molecule has 0 saturated heterocycles. The van der Waals surface area contributed by atoms with E-state index < -0.39 is 18.0 Å². The van der Waals surface area contributed by atoms with Crippen LogP contribution < -0.4 is 4.74 Å². The summed E-state index contributed by atoms with van der Waals surface area (Å²) in [6.07, 6.45) is -8.53. The van der Waals surface area contributed by atoms with Gasteiger partial charge >= 0.3 is 12.3 Å². The summed E-state index contributed by atoms with van der Waals surface area (Å²) >= 11 is 0. The van der Waals surface area contributed by atoms with Crippen molar-refractivity contribution >= 4 is 0 Å². The molecule has 1 rings (SSSR count). The third-order valence-corrected chi connectivity index (χ3v) is 2.29. The van der Waals surface area contributed by atoms with E-state index in [4.69, 9.17) is 0 Å². The van der Waals surface area contributed by atoms with Crippen LogP contribution in [0.2, 0.25) is 0 Å². The fourth-order valence-corrected chi connectivity index (χ4v) is 1.35. The summed E-state index contributed by atoms with van der Waals surface area (Å²) in [5.74, 6) is -0.481. The summed E-state index contributed by atoms with van der Waals surface area (Å²) in [4.78, 5) is 0. The predicted octanol–water partition coefficient (Wildman–Crippen LogP) is 4.56. The van der Waals surface area contributed by atoms with Gasteiger partial charge in [0.15, 0.2) is 0 Å². The van der Waals surface area contributed by atoms with Gasteiger partial charge in [-0.15, -0.1) is 0 Å². The molecule has 0 radical (unpaired) electrons. The lowest BCUT2D eigenvalue weighted by atomic mass is 10.1. The van der Waals surface area contributed by atoms with E-state index in [1.54, 1.807) is 6.07 Å². The number of rotatable bonds is 5. The zero-order valence-corrected chi connectivity index (χ0v) is 9.73. The van der Waals surface area contributed by atoms with Gasteiger partial charge in [-0.3, -0.25) is 0 Å². The maximum absolute atomic E-state index is 12.7. The van der Waals surface area contributed by atoms with Crippen LogP contribution in [0.15, 0.2) is 24.3 Å². The summed E-state index contributed by atoms with van der Waals surface area (Å²) in [6, 6.07) is 5.34. The van der Waals surface area contributed by atoms with Crippen molar-refractivity contribution in [3.05, 3.63) is 29.8 Å². The molecular formula is C12H13F5O. The second-order valence-corrected chi connectivity index (χ2v) is 3.87. The summed E-state index contributed by atoms with van der Waals surface area (Å²) in [6.45, 7) is 1.96. The lowest BCUT2D eigenvalue weighted by Crippen LogP contribution is -2.41. The Morgan fingerprint density at radius 2 is 1.78 bits per heavy atom. The molecule has 1 nitrogen and oxygen atoms in total. The first kappa shape index (κ1) is 14.7. The normalized spacial score (nSPS) is 12.6. The molecular weight excluding hydrogens is 255 g/mol. The number of halogens is 5. The maximum Gasteiger partial charge on any atom is 0.499 e. The molecule has 0 aliphatic rings. The Morgan fingerprint density at radius 3 is 2.33 bits per heavy atom. The largest absolute Gasteiger partial charge is 0.499 e. The van der Waals surface area contributed by atoms with Crippen LogP contribution in [0.5, 0.6) is 5.75 Å². The number of unbranched alkanes of at least 4 members (excludes halogenated alkanes) is 1. The lowest BCUT2D eigenvalue weighted by Gasteiger charge is -2.20. The van der Waals surface area contributed by atoms with E-state index in [9.17, 15) is 22.0 Å². The van der Waals surface area contributed by atoms with Gasteiger partial charge in [-0.05, 0) is 30.5 Å². The van der Waals surface area contributed by atoms with Crippen LogP contribution in [-0.2, 0) is 6.42 Å². The van der Waals surface area contributed by atoms with Crippen molar-refractivity contribution in [1.82, 2.24) is 0 Å². The molecule has 1 aromatic carbocycles. The fraction of sp³-hybridized carbons (Fsp3) is 0.500. The SMILES string of the molecule is CCCCc1cccc(OC(F)(F)C(F)(F)F)c1. The molecule has 0 N–H and O–H groups in total. The zero-order chi connectivity index (χ0) is 13.8. The van der Waals surface area contributed by atoms with E-state index in [0.717, 1.165) is 18.9 Å². The summed E-state index contributed by atoms with van der Waals surface area (Å²) < 4.78 is 64.9. The molecule has 6 heteroatoms. The number of aryl methyl sites for hydroxylation is 1. The number of hydrogen-bond donors (Lipinski definition) is 0. The molecule has 0 fully saturated rings. The van der Waals surface area contributed by atoms with Gasteiger partial charge in [0.2, 0.25) is 0 Å². The Labute approximate surface area is 102 Å². The van der Waals surface area contributed by atoms with Crippen molar-refractivity contribution in [2.75, 3.05) is 0 Å². The fourth-order valence-electron chi connectivity index (χ4n) is 1.35. The third-order valence-electron chi connectivity index (χ3n) is 2.29. The second-order valence-electron chi connectivity index (χ2n) is 3.87. The van der Waals surface area contributed by atoms with Gasteiger partial charge in [-0.2, -0.15) is 22.0 Å². The standard InChI is InChI=1S/C12H13F5O/c1-2-3-5-9-6-4-7-10(8-9)18-12(16,17)11(13,14)15/h4,6-8H,2-3,5H2,1H3. The van der Waals surface area contributed by atoms with Crippen LogP contribution in [0.3, 0.4) is 0 Å². The van der Waals surface area contributed by atoms with Crippen molar-refractivity contribution in [2.45, 2.75) is 38.5 Å². The molecule has 0 aliphatic carbocycles. The van der Waals surface area contributed by atoms with Gasteiger partial charge in [0, 0.05) is 0 Å². The summed E-state index contributed by atoms with van der Waals surface area (Å²) in [5.41, 5.74) is 0.673. The molecule has 1 aromatic rings. The van der Waals surface area contributed by atoms with Crippen LogP contribution in [0, 0.1) is 0 Å². The predicted molar refractivity (Wildman–Crippen MR) is 56.7 cm³/mol. The van der Waals surface area contributed by atoms with Gasteiger partial charge in [0.1, 0.15) is 5.75 Å². The molecule has 0 bridgehead atoms. The van der Waals surface area contributed by atoms with Crippen LogP contribution in [-0.4, -0.2) is 12.3 Å². The first-order valence-electron chi connectivity index (χ1n) is 5.49. The molecule has 0 amide bonds. The van der Waals surface area contributed by atoms with Crippen molar-refractivity contribution < 1.29 is 26.7 Å². The van der Waals surface area contributed by atoms with Gasteiger partial charge in [-0.1, -0.05) is 25.5 Å². The highest BCUT2D eigenvalue weighted by Gasteiger charge is 2.61.